The summed E-state index contributed by atoms with van der Waals surface area (Å²) in [5.41, 5.74) is -1.36. The first-order chi connectivity index (χ1) is 12.6. The molecule has 0 atom stereocenters. The van der Waals surface area contributed by atoms with E-state index in [1.807, 2.05) is 27.7 Å². The molecule has 0 spiro atoms. The second-order valence-corrected chi connectivity index (χ2v) is 13.3. The van der Waals surface area contributed by atoms with Crippen LogP contribution in [0.3, 0.4) is 0 Å². The molecule has 0 aromatic rings. The molecule has 0 unspecified atom stereocenters. The molecule has 7 heteroatoms. The Morgan fingerprint density at radius 1 is 0.704 bits per heavy atom. The minimum absolute atomic E-state index is 0.411. The summed E-state index contributed by atoms with van der Waals surface area (Å²) in [6, 6.07) is 0. The predicted molar refractivity (Wildman–Crippen MR) is 116 cm³/mol. The third-order valence-electron chi connectivity index (χ3n) is 4.54. The summed E-state index contributed by atoms with van der Waals surface area (Å²) in [6.45, 7) is 11.3. The van der Waals surface area contributed by atoms with Crippen LogP contribution >= 0.6 is 14.7 Å². The maximum Gasteiger partial charge on any atom is 0.343 e. The quantitative estimate of drug-likeness (QED) is 0.248. The molecule has 0 fully saturated rings. The lowest BCUT2D eigenvalue weighted by atomic mass is 10.1. The van der Waals surface area contributed by atoms with Crippen LogP contribution < -0.4 is 0 Å². The summed E-state index contributed by atoms with van der Waals surface area (Å²) < 4.78 is 37.8. The number of hydrogen-bond donors (Lipinski definition) is 0. The summed E-state index contributed by atoms with van der Waals surface area (Å²) in [4.78, 5) is 12.8. The Balaban J connectivity index is 5.23. The van der Waals surface area contributed by atoms with E-state index < -0.39 is 26.3 Å². The fourth-order valence-corrected chi connectivity index (χ4v) is 8.15. The fourth-order valence-electron chi connectivity index (χ4n) is 2.72. The number of rotatable bonds is 16. The summed E-state index contributed by atoms with van der Waals surface area (Å²) in [5.74, 6) is -0.647. The predicted octanol–water partition coefficient (Wildman–Crippen LogP) is 7.08. The van der Waals surface area contributed by atoms with Crippen LogP contribution in [0.2, 0.25) is 0 Å². The van der Waals surface area contributed by atoms with Crippen LogP contribution in [0.5, 0.6) is 0 Å². The molecule has 0 aromatic heterocycles. The van der Waals surface area contributed by atoms with Crippen LogP contribution in [-0.4, -0.2) is 36.2 Å². The summed E-state index contributed by atoms with van der Waals surface area (Å²) in [6.07, 6.45) is 8.56. The summed E-state index contributed by atoms with van der Waals surface area (Å²) >= 11 is 0. The van der Waals surface area contributed by atoms with Gasteiger partial charge in [0.05, 0.1) is 0 Å². The molecule has 0 radical (unpaired) electrons. The standard InChI is InChI=1S/C20H42O5P2/c1-7-11-15-26(22,16-12-8-2)24-19(21)20(5,6)25-27(23,17-13-9-3)18-14-10-4/h7-18H2,1-6H3. The van der Waals surface area contributed by atoms with Gasteiger partial charge in [0.1, 0.15) is 0 Å². The van der Waals surface area contributed by atoms with E-state index in [0.29, 0.717) is 24.6 Å². The van der Waals surface area contributed by atoms with E-state index in [1.165, 1.54) is 0 Å². The monoisotopic (exact) mass is 424 g/mol. The molecule has 0 aliphatic heterocycles. The molecule has 0 aromatic carbocycles. The lowest BCUT2D eigenvalue weighted by molar-refractivity contribution is -0.148. The Morgan fingerprint density at radius 2 is 1.04 bits per heavy atom. The molecule has 0 amide bonds. The van der Waals surface area contributed by atoms with E-state index in [2.05, 4.69) is 0 Å². The van der Waals surface area contributed by atoms with Gasteiger partial charge in [-0.3, -0.25) is 9.13 Å². The van der Waals surface area contributed by atoms with E-state index in [0.717, 1.165) is 51.4 Å². The van der Waals surface area contributed by atoms with Gasteiger partial charge in [-0.2, -0.15) is 0 Å². The van der Waals surface area contributed by atoms with Crippen molar-refractivity contribution in [1.29, 1.82) is 0 Å². The van der Waals surface area contributed by atoms with Gasteiger partial charge in [0.25, 0.3) is 7.37 Å². The van der Waals surface area contributed by atoms with Crippen LogP contribution in [0.25, 0.3) is 0 Å². The zero-order valence-electron chi connectivity index (χ0n) is 18.4. The maximum absolute atomic E-state index is 13.3. The molecule has 27 heavy (non-hydrogen) atoms. The molecule has 0 N–H and O–H groups in total. The van der Waals surface area contributed by atoms with Gasteiger partial charge in [0.2, 0.25) is 7.37 Å². The zero-order chi connectivity index (χ0) is 21.0. The number of carbonyl (C=O) groups excluding carboxylic acids is 1. The third kappa shape index (κ3) is 10.9. The molecule has 0 saturated carbocycles. The van der Waals surface area contributed by atoms with Gasteiger partial charge >= 0.3 is 5.97 Å². The third-order valence-corrected chi connectivity index (χ3v) is 9.82. The molecule has 5 nitrogen and oxygen atoms in total. The number of unbranched alkanes of at least 4 members (excludes halogenated alkanes) is 4. The van der Waals surface area contributed by atoms with Gasteiger partial charge in [0, 0.05) is 24.6 Å². The van der Waals surface area contributed by atoms with Crippen LogP contribution in [0.1, 0.15) is 92.9 Å². The van der Waals surface area contributed by atoms with E-state index in [4.69, 9.17) is 9.05 Å². The minimum Gasteiger partial charge on any atom is -0.410 e. The smallest absolute Gasteiger partial charge is 0.343 e. The summed E-state index contributed by atoms with van der Waals surface area (Å²) in [7, 11) is -5.96. The first-order valence-electron chi connectivity index (χ1n) is 10.7. The fraction of sp³-hybridized carbons (Fsp3) is 0.950. The topological polar surface area (TPSA) is 69.7 Å². The average Bonchev–Trinajstić information content (AvgIpc) is 2.61. The van der Waals surface area contributed by atoms with E-state index in [1.54, 1.807) is 13.8 Å². The van der Waals surface area contributed by atoms with Crippen LogP contribution in [0.15, 0.2) is 0 Å². The van der Waals surface area contributed by atoms with Gasteiger partial charge in [-0.1, -0.05) is 53.4 Å². The molecule has 0 bridgehead atoms. The van der Waals surface area contributed by atoms with Crippen molar-refractivity contribution in [2.75, 3.05) is 24.6 Å². The molecular weight excluding hydrogens is 382 g/mol. The highest BCUT2D eigenvalue weighted by atomic mass is 31.2. The second-order valence-electron chi connectivity index (χ2n) is 7.92. The Bertz CT molecular complexity index is 493. The second kappa shape index (κ2) is 13.2. The van der Waals surface area contributed by atoms with E-state index in [9.17, 15) is 13.9 Å². The van der Waals surface area contributed by atoms with Gasteiger partial charge in [0.15, 0.2) is 5.60 Å². The van der Waals surface area contributed by atoms with Crippen molar-refractivity contribution in [3.63, 3.8) is 0 Å². The van der Waals surface area contributed by atoms with Crippen molar-refractivity contribution < 1.29 is 23.0 Å². The maximum atomic E-state index is 13.3. The Kier molecular flexibility index (Phi) is 13.1. The van der Waals surface area contributed by atoms with Gasteiger partial charge in [-0.25, -0.2) is 4.79 Å². The Morgan fingerprint density at radius 3 is 1.37 bits per heavy atom. The molecule has 0 rings (SSSR count). The minimum atomic E-state index is -3.03. The van der Waals surface area contributed by atoms with Gasteiger partial charge in [-0.15, -0.1) is 0 Å². The molecule has 0 saturated heterocycles. The molecule has 0 aliphatic carbocycles. The van der Waals surface area contributed by atoms with Crippen molar-refractivity contribution >= 4 is 20.7 Å². The van der Waals surface area contributed by atoms with Crippen molar-refractivity contribution in [3.05, 3.63) is 0 Å². The van der Waals surface area contributed by atoms with Crippen molar-refractivity contribution in [3.8, 4) is 0 Å². The zero-order valence-corrected chi connectivity index (χ0v) is 20.2. The SMILES string of the molecule is CCCCP(=O)(CCCC)OC(=O)C(C)(C)OP(=O)(CCCC)CCCC. The van der Waals surface area contributed by atoms with E-state index >= 15 is 0 Å². The van der Waals surface area contributed by atoms with E-state index in [-0.39, 0.29) is 0 Å². The lowest BCUT2D eigenvalue weighted by Gasteiger charge is -2.31. The van der Waals surface area contributed by atoms with Crippen molar-refractivity contribution in [1.82, 2.24) is 0 Å². The molecular formula is C20H42O5P2. The highest BCUT2D eigenvalue weighted by Gasteiger charge is 2.41. The van der Waals surface area contributed by atoms with Gasteiger partial charge in [-0.05, 0) is 39.5 Å². The molecule has 162 valence electrons. The summed E-state index contributed by atoms with van der Waals surface area (Å²) in [5, 5.41) is 0. The highest BCUT2D eigenvalue weighted by molar-refractivity contribution is 7.59. The lowest BCUT2D eigenvalue weighted by Crippen LogP contribution is -2.36. The first kappa shape index (κ1) is 26.9. The first-order valence-corrected chi connectivity index (χ1v) is 14.7. The highest BCUT2D eigenvalue weighted by Crippen LogP contribution is 2.54. The Hall–Kier alpha value is -0.110. The molecule has 0 heterocycles. The number of hydrogen-bond acceptors (Lipinski definition) is 5. The van der Waals surface area contributed by atoms with Crippen LogP contribution in [0.4, 0.5) is 0 Å². The number of carbonyl (C=O) groups is 1. The average molecular weight is 424 g/mol. The van der Waals surface area contributed by atoms with Crippen LogP contribution in [0, 0.1) is 0 Å². The normalized spacial score (nSPS) is 13.0. The van der Waals surface area contributed by atoms with Crippen molar-refractivity contribution in [2.45, 2.75) is 98.5 Å². The van der Waals surface area contributed by atoms with Crippen molar-refractivity contribution in [2.24, 2.45) is 0 Å². The van der Waals surface area contributed by atoms with Crippen LogP contribution in [-0.2, 0) is 23.0 Å². The van der Waals surface area contributed by atoms with Gasteiger partial charge < -0.3 is 9.05 Å². The Labute approximate surface area is 167 Å². The largest absolute Gasteiger partial charge is 0.410 e. The molecule has 0 aliphatic rings.